The summed E-state index contributed by atoms with van der Waals surface area (Å²) >= 11 is 0. The molecule has 2 aliphatic heterocycles. The van der Waals surface area contributed by atoms with Crippen molar-refractivity contribution in [3.63, 3.8) is 0 Å². The van der Waals surface area contributed by atoms with E-state index < -0.39 is 15.9 Å². The molecule has 2 heterocycles. The molecule has 0 saturated carbocycles. The average molecular weight is 282 g/mol. The number of hydrogen-bond donors (Lipinski definition) is 1. The molecule has 1 saturated heterocycles. The molecule has 0 bridgehead atoms. The van der Waals surface area contributed by atoms with Crippen molar-refractivity contribution in [2.45, 2.75) is 12.1 Å². The lowest BCUT2D eigenvalue weighted by molar-refractivity contribution is 0.178. The molecule has 104 valence electrons. The Hall–Kier alpha value is -1.27. The van der Waals surface area contributed by atoms with E-state index in [-0.39, 0.29) is 17.5 Å². The minimum Gasteiger partial charge on any atom is -0.390 e. The van der Waals surface area contributed by atoms with Crippen LogP contribution in [-0.2, 0) is 9.84 Å². The molecule has 0 aliphatic carbocycles. The van der Waals surface area contributed by atoms with Gasteiger partial charge in [-0.2, -0.15) is 0 Å². The zero-order chi connectivity index (χ0) is 13.6. The SMILES string of the molecule is CN1CCN(C2CS(=O)(=O)CC2O)c2ccccc21. The molecule has 3 rings (SSSR count). The Bertz CT molecular complexity index is 587. The first kappa shape index (κ1) is 12.7. The molecule has 1 aromatic carbocycles. The van der Waals surface area contributed by atoms with Gasteiger partial charge in [0.15, 0.2) is 9.84 Å². The van der Waals surface area contributed by atoms with Gasteiger partial charge in [0.05, 0.1) is 35.0 Å². The summed E-state index contributed by atoms with van der Waals surface area (Å²) in [7, 11) is -1.09. The van der Waals surface area contributed by atoms with Crippen LogP contribution in [0.5, 0.6) is 0 Å². The van der Waals surface area contributed by atoms with Crippen LogP contribution in [0.15, 0.2) is 24.3 Å². The van der Waals surface area contributed by atoms with Gasteiger partial charge >= 0.3 is 0 Å². The second-order valence-corrected chi connectivity index (χ2v) is 7.47. The summed E-state index contributed by atoms with van der Waals surface area (Å²) in [5.74, 6) is -0.0710. The molecule has 0 amide bonds. The predicted octanol–water partition coefficient (Wildman–Crippen LogP) is 0.101. The van der Waals surface area contributed by atoms with Crippen molar-refractivity contribution in [3.05, 3.63) is 24.3 Å². The van der Waals surface area contributed by atoms with E-state index in [1.165, 1.54) is 0 Å². The maximum absolute atomic E-state index is 11.7. The van der Waals surface area contributed by atoms with E-state index in [0.717, 1.165) is 24.5 Å². The second-order valence-electron chi connectivity index (χ2n) is 5.32. The average Bonchev–Trinajstić information content (AvgIpc) is 2.64. The summed E-state index contributed by atoms with van der Waals surface area (Å²) in [6, 6.07) is 7.61. The Morgan fingerprint density at radius 2 is 1.84 bits per heavy atom. The smallest absolute Gasteiger partial charge is 0.155 e. The van der Waals surface area contributed by atoms with E-state index >= 15 is 0 Å². The summed E-state index contributed by atoms with van der Waals surface area (Å²) in [5, 5.41) is 10.0. The third kappa shape index (κ3) is 2.19. The molecule has 2 aliphatic rings. The highest BCUT2D eigenvalue weighted by molar-refractivity contribution is 7.91. The normalized spacial score (nSPS) is 29.4. The van der Waals surface area contributed by atoms with Gasteiger partial charge < -0.3 is 14.9 Å². The number of hydrogen-bond acceptors (Lipinski definition) is 5. The number of para-hydroxylation sites is 2. The van der Waals surface area contributed by atoms with Crippen LogP contribution in [0, 0.1) is 0 Å². The van der Waals surface area contributed by atoms with E-state index in [2.05, 4.69) is 4.90 Å². The molecule has 6 heteroatoms. The van der Waals surface area contributed by atoms with E-state index in [4.69, 9.17) is 0 Å². The third-order valence-electron chi connectivity index (χ3n) is 3.97. The standard InChI is InChI=1S/C13H18N2O3S/c1-14-6-7-15(11-5-3-2-4-10(11)14)12-8-19(17,18)9-13(12)16/h2-5,12-13,16H,6-9H2,1H3. The zero-order valence-corrected chi connectivity index (χ0v) is 11.7. The highest BCUT2D eigenvalue weighted by Crippen LogP contribution is 2.35. The maximum Gasteiger partial charge on any atom is 0.155 e. The number of rotatable bonds is 1. The van der Waals surface area contributed by atoms with Crippen LogP contribution in [0.3, 0.4) is 0 Å². The highest BCUT2D eigenvalue weighted by Gasteiger charge is 2.41. The van der Waals surface area contributed by atoms with Crippen molar-refractivity contribution >= 4 is 21.2 Å². The van der Waals surface area contributed by atoms with Gasteiger partial charge in [-0.15, -0.1) is 0 Å². The van der Waals surface area contributed by atoms with Crippen LogP contribution >= 0.6 is 0 Å². The lowest BCUT2D eigenvalue weighted by atomic mass is 10.1. The number of anilines is 2. The van der Waals surface area contributed by atoms with Gasteiger partial charge in [0.25, 0.3) is 0 Å². The molecule has 1 N–H and O–H groups in total. The van der Waals surface area contributed by atoms with E-state index in [9.17, 15) is 13.5 Å². The monoisotopic (exact) mass is 282 g/mol. The Balaban J connectivity index is 1.97. The molecule has 5 nitrogen and oxygen atoms in total. The molecule has 0 spiro atoms. The summed E-state index contributed by atoms with van der Waals surface area (Å²) in [4.78, 5) is 4.20. The summed E-state index contributed by atoms with van der Waals surface area (Å²) in [6.07, 6.45) is -0.790. The molecule has 0 aromatic heterocycles. The van der Waals surface area contributed by atoms with E-state index in [1.807, 2.05) is 36.2 Å². The first-order valence-electron chi connectivity index (χ1n) is 6.43. The van der Waals surface area contributed by atoms with Gasteiger partial charge in [0.1, 0.15) is 0 Å². The number of fused-ring (bicyclic) bond motifs is 1. The Labute approximate surface area is 113 Å². The molecule has 2 atom stereocenters. The van der Waals surface area contributed by atoms with Gasteiger partial charge in [-0.05, 0) is 12.1 Å². The summed E-state index contributed by atoms with van der Waals surface area (Å²) in [6.45, 7) is 1.57. The quantitative estimate of drug-likeness (QED) is 0.791. The number of benzene rings is 1. The second kappa shape index (κ2) is 4.38. The van der Waals surface area contributed by atoms with Crippen molar-refractivity contribution < 1.29 is 13.5 Å². The van der Waals surface area contributed by atoms with Gasteiger partial charge in [-0.1, -0.05) is 12.1 Å². The van der Waals surface area contributed by atoms with E-state index in [0.29, 0.717) is 0 Å². The lowest BCUT2D eigenvalue weighted by Crippen LogP contribution is -2.49. The fraction of sp³-hybridized carbons (Fsp3) is 0.538. The Morgan fingerprint density at radius 1 is 1.16 bits per heavy atom. The largest absolute Gasteiger partial charge is 0.390 e. The van der Waals surface area contributed by atoms with Crippen LogP contribution in [0.1, 0.15) is 0 Å². The highest BCUT2D eigenvalue weighted by atomic mass is 32.2. The minimum atomic E-state index is -3.12. The zero-order valence-electron chi connectivity index (χ0n) is 10.9. The first-order chi connectivity index (χ1) is 8.98. The molecule has 19 heavy (non-hydrogen) atoms. The Kier molecular flexibility index (Phi) is 2.94. The molecule has 2 unspecified atom stereocenters. The van der Waals surface area contributed by atoms with Crippen LogP contribution in [0.4, 0.5) is 11.4 Å². The van der Waals surface area contributed by atoms with E-state index in [1.54, 1.807) is 0 Å². The number of sulfone groups is 1. The van der Waals surface area contributed by atoms with Crippen LogP contribution in [0.2, 0.25) is 0 Å². The van der Waals surface area contributed by atoms with Gasteiger partial charge in [0, 0.05) is 20.1 Å². The van der Waals surface area contributed by atoms with Gasteiger partial charge in [0.2, 0.25) is 0 Å². The summed E-state index contributed by atoms with van der Waals surface area (Å²) in [5.41, 5.74) is 2.10. The van der Waals surface area contributed by atoms with Crippen LogP contribution in [0.25, 0.3) is 0 Å². The molecule has 0 radical (unpaired) electrons. The lowest BCUT2D eigenvalue weighted by Gasteiger charge is -2.40. The molecular formula is C13H18N2O3S. The van der Waals surface area contributed by atoms with Crippen LogP contribution in [-0.4, -0.2) is 57.3 Å². The topological polar surface area (TPSA) is 60.9 Å². The first-order valence-corrected chi connectivity index (χ1v) is 8.25. The van der Waals surface area contributed by atoms with Crippen molar-refractivity contribution in [1.29, 1.82) is 0 Å². The van der Waals surface area contributed by atoms with Crippen molar-refractivity contribution in [1.82, 2.24) is 0 Å². The molecular weight excluding hydrogens is 264 g/mol. The van der Waals surface area contributed by atoms with Crippen molar-refractivity contribution in [2.24, 2.45) is 0 Å². The number of aliphatic hydroxyl groups is 1. The third-order valence-corrected chi connectivity index (χ3v) is 5.67. The number of aliphatic hydroxyl groups excluding tert-OH is 1. The Morgan fingerprint density at radius 3 is 2.47 bits per heavy atom. The predicted molar refractivity (Wildman–Crippen MR) is 75.5 cm³/mol. The van der Waals surface area contributed by atoms with Crippen molar-refractivity contribution in [3.8, 4) is 0 Å². The number of nitrogens with zero attached hydrogens (tertiary/aromatic N) is 2. The number of likely N-dealkylation sites (N-methyl/N-ethyl adjacent to an activating group) is 1. The van der Waals surface area contributed by atoms with Gasteiger partial charge in [-0.25, -0.2) is 8.42 Å². The minimum absolute atomic E-state index is 0.0478. The maximum atomic E-state index is 11.7. The van der Waals surface area contributed by atoms with Gasteiger partial charge in [-0.3, -0.25) is 0 Å². The molecule has 1 fully saturated rings. The fourth-order valence-electron chi connectivity index (χ4n) is 2.98. The van der Waals surface area contributed by atoms with Crippen molar-refractivity contribution in [2.75, 3.05) is 41.4 Å². The van der Waals surface area contributed by atoms with Crippen LogP contribution < -0.4 is 9.80 Å². The molecule has 1 aromatic rings. The fourth-order valence-corrected chi connectivity index (χ4v) is 4.78. The summed E-state index contributed by atoms with van der Waals surface area (Å²) < 4.78 is 23.3.